The van der Waals surface area contributed by atoms with E-state index < -0.39 is 0 Å². The van der Waals surface area contributed by atoms with Crippen molar-refractivity contribution < 1.29 is 9.47 Å². The van der Waals surface area contributed by atoms with Gasteiger partial charge in [0.25, 0.3) is 5.56 Å². The number of aromatic nitrogens is 2. The number of hydrogen-bond donors (Lipinski definition) is 1. The average Bonchev–Trinajstić information content (AvgIpc) is 3.22. The van der Waals surface area contributed by atoms with Crippen molar-refractivity contribution in [1.82, 2.24) is 14.9 Å². The Morgan fingerprint density at radius 3 is 2.79 bits per heavy atom. The van der Waals surface area contributed by atoms with E-state index in [9.17, 15) is 4.79 Å². The van der Waals surface area contributed by atoms with Gasteiger partial charge in [-0.25, -0.2) is 4.98 Å². The van der Waals surface area contributed by atoms with E-state index >= 15 is 0 Å². The molecule has 1 saturated heterocycles. The van der Waals surface area contributed by atoms with Crippen LogP contribution in [0.15, 0.2) is 59.4 Å². The van der Waals surface area contributed by atoms with E-state index in [1.165, 1.54) is 0 Å². The van der Waals surface area contributed by atoms with Gasteiger partial charge in [0.1, 0.15) is 18.2 Å². The molecule has 1 atom stereocenters. The van der Waals surface area contributed by atoms with E-state index in [4.69, 9.17) is 9.47 Å². The second-order valence-corrected chi connectivity index (χ2v) is 7.06. The molecule has 0 aliphatic carbocycles. The number of H-pyrrole nitrogens is 1. The molecular formula is C22H25N3O3. The van der Waals surface area contributed by atoms with Crippen LogP contribution in [0.5, 0.6) is 5.75 Å². The summed E-state index contributed by atoms with van der Waals surface area (Å²) in [4.78, 5) is 22.2. The Bertz CT molecular complexity index is 952. The zero-order valence-electron chi connectivity index (χ0n) is 15.8. The average molecular weight is 379 g/mol. The van der Waals surface area contributed by atoms with Gasteiger partial charge >= 0.3 is 0 Å². The summed E-state index contributed by atoms with van der Waals surface area (Å²) in [6.45, 7) is 3.47. The summed E-state index contributed by atoms with van der Waals surface area (Å²) in [6, 6.07) is 17.2. The zero-order chi connectivity index (χ0) is 19.2. The Balaban J connectivity index is 1.45. The number of aromatic amines is 1. The molecule has 6 nitrogen and oxygen atoms in total. The third kappa shape index (κ3) is 4.77. The largest absolute Gasteiger partial charge is 0.492 e. The van der Waals surface area contributed by atoms with Crippen molar-refractivity contribution >= 4 is 10.9 Å². The van der Waals surface area contributed by atoms with Crippen LogP contribution in [0.2, 0.25) is 0 Å². The molecule has 146 valence electrons. The van der Waals surface area contributed by atoms with Crippen molar-refractivity contribution in [2.24, 2.45) is 0 Å². The Kier molecular flexibility index (Phi) is 5.99. The first-order chi connectivity index (χ1) is 13.8. The summed E-state index contributed by atoms with van der Waals surface area (Å²) in [5.74, 6) is 1.53. The standard InChI is InChI=1S/C22H25N3O3/c26-22-19-10-4-5-11-20(19)23-21(24-22)16-25(15-18-9-6-13-27-18)12-14-28-17-7-2-1-3-8-17/h1-5,7-8,10-11,18H,6,9,12-16H2,(H,23,24,26). The second-order valence-electron chi connectivity index (χ2n) is 7.06. The fourth-order valence-electron chi connectivity index (χ4n) is 3.54. The number of fused-ring (bicyclic) bond motifs is 1. The molecule has 1 unspecified atom stereocenters. The Morgan fingerprint density at radius 2 is 1.96 bits per heavy atom. The lowest BCUT2D eigenvalue weighted by molar-refractivity contribution is 0.0645. The van der Waals surface area contributed by atoms with Crippen LogP contribution in [0, 0.1) is 0 Å². The third-order valence-electron chi connectivity index (χ3n) is 4.94. The van der Waals surface area contributed by atoms with Crippen LogP contribution >= 0.6 is 0 Å². The van der Waals surface area contributed by atoms with Crippen molar-refractivity contribution in [3.8, 4) is 5.75 Å². The lowest BCUT2D eigenvalue weighted by Gasteiger charge is -2.24. The minimum absolute atomic E-state index is 0.0989. The monoisotopic (exact) mass is 379 g/mol. The summed E-state index contributed by atoms with van der Waals surface area (Å²) < 4.78 is 11.7. The molecule has 2 aromatic carbocycles. The second kappa shape index (κ2) is 8.99. The lowest BCUT2D eigenvalue weighted by Crippen LogP contribution is -2.36. The molecule has 3 aromatic rings. The smallest absolute Gasteiger partial charge is 0.258 e. The Morgan fingerprint density at radius 1 is 1.14 bits per heavy atom. The fourth-order valence-corrected chi connectivity index (χ4v) is 3.54. The summed E-state index contributed by atoms with van der Waals surface area (Å²) >= 11 is 0. The minimum atomic E-state index is -0.0989. The van der Waals surface area contributed by atoms with Gasteiger partial charge in [0.2, 0.25) is 0 Å². The molecule has 4 rings (SSSR count). The number of nitrogens with one attached hydrogen (secondary N) is 1. The highest BCUT2D eigenvalue weighted by atomic mass is 16.5. The van der Waals surface area contributed by atoms with Crippen molar-refractivity contribution in [2.75, 3.05) is 26.3 Å². The van der Waals surface area contributed by atoms with Crippen LogP contribution in [0.4, 0.5) is 0 Å². The predicted molar refractivity (Wildman–Crippen MR) is 109 cm³/mol. The number of benzene rings is 2. The highest BCUT2D eigenvalue weighted by Gasteiger charge is 2.20. The molecular weight excluding hydrogens is 354 g/mol. The zero-order valence-corrected chi connectivity index (χ0v) is 15.8. The van der Waals surface area contributed by atoms with Crippen LogP contribution in [0.3, 0.4) is 0 Å². The van der Waals surface area contributed by atoms with Crippen molar-refractivity contribution in [1.29, 1.82) is 0 Å². The van der Waals surface area contributed by atoms with Gasteiger partial charge in [0.15, 0.2) is 0 Å². The quantitative estimate of drug-likeness (QED) is 0.652. The molecule has 28 heavy (non-hydrogen) atoms. The van der Waals surface area contributed by atoms with Gasteiger partial charge in [0.05, 0.1) is 23.6 Å². The van der Waals surface area contributed by atoms with Gasteiger partial charge in [-0.15, -0.1) is 0 Å². The number of para-hydroxylation sites is 2. The number of rotatable bonds is 8. The molecule has 0 amide bonds. The number of nitrogens with zero attached hydrogens (tertiary/aromatic N) is 2. The van der Waals surface area contributed by atoms with Crippen LogP contribution < -0.4 is 10.3 Å². The maximum absolute atomic E-state index is 12.4. The van der Waals surface area contributed by atoms with E-state index in [0.717, 1.165) is 43.8 Å². The SMILES string of the molecule is O=c1[nH]c(CN(CCOc2ccccc2)CC2CCCO2)nc2ccccc12. The first-order valence-corrected chi connectivity index (χ1v) is 9.78. The third-order valence-corrected chi connectivity index (χ3v) is 4.94. The van der Waals surface area contributed by atoms with Gasteiger partial charge in [-0.2, -0.15) is 0 Å². The Hall–Kier alpha value is -2.70. The fraction of sp³-hybridized carbons (Fsp3) is 0.364. The molecule has 1 N–H and O–H groups in total. The van der Waals surface area contributed by atoms with Gasteiger partial charge in [-0.05, 0) is 37.1 Å². The van der Waals surface area contributed by atoms with Crippen molar-refractivity contribution in [3.05, 3.63) is 70.8 Å². The summed E-state index contributed by atoms with van der Waals surface area (Å²) in [5.41, 5.74) is 0.622. The first-order valence-electron chi connectivity index (χ1n) is 9.78. The van der Waals surface area contributed by atoms with E-state index in [1.54, 1.807) is 6.07 Å². The van der Waals surface area contributed by atoms with Crippen LogP contribution in [0.1, 0.15) is 18.7 Å². The van der Waals surface area contributed by atoms with Gasteiger partial charge in [-0.1, -0.05) is 30.3 Å². The minimum Gasteiger partial charge on any atom is -0.492 e. The molecule has 0 spiro atoms. The Labute approximate surface area is 164 Å². The number of hydrogen-bond acceptors (Lipinski definition) is 5. The van der Waals surface area contributed by atoms with E-state index in [2.05, 4.69) is 14.9 Å². The first kappa shape index (κ1) is 18.7. The highest BCUT2D eigenvalue weighted by molar-refractivity contribution is 5.77. The predicted octanol–water partition coefficient (Wildman–Crippen LogP) is 2.98. The molecule has 2 heterocycles. The summed E-state index contributed by atoms with van der Waals surface area (Å²) in [6.07, 6.45) is 2.39. The molecule has 0 radical (unpaired) electrons. The van der Waals surface area contributed by atoms with E-state index in [1.807, 2.05) is 48.5 Å². The maximum atomic E-state index is 12.4. The lowest BCUT2D eigenvalue weighted by atomic mass is 10.2. The van der Waals surface area contributed by atoms with Crippen molar-refractivity contribution in [3.63, 3.8) is 0 Å². The summed E-state index contributed by atoms with van der Waals surface area (Å²) in [7, 11) is 0. The molecule has 1 aliphatic heterocycles. The molecule has 1 fully saturated rings. The summed E-state index contributed by atoms with van der Waals surface area (Å²) in [5, 5.41) is 0.615. The van der Waals surface area contributed by atoms with Gasteiger partial charge < -0.3 is 14.5 Å². The maximum Gasteiger partial charge on any atom is 0.258 e. The topological polar surface area (TPSA) is 67.5 Å². The highest BCUT2D eigenvalue weighted by Crippen LogP contribution is 2.15. The molecule has 1 aromatic heterocycles. The molecule has 6 heteroatoms. The number of ether oxygens (including phenoxy) is 2. The van der Waals surface area contributed by atoms with Crippen LogP contribution in [-0.4, -0.2) is 47.3 Å². The van der Waals surface area contributed by atoms with Crippen molar-refractivity contribution in [2.45, 2.75) is 25.5 Å². The molecule has 0 bridgehead atoms. The molecule has 1 aliphatic rings. The van der Waals surface area contributed by atoms with Gasteiger partial charge in [0, 0.05) is 19.7 Å². The van der Waals surface area contributed by atoms with E-state index in [-0.39, 0.29) is 11.7 Å². The normalized spacial score (nSPS) is 16.7. The van der Waals surface area contributed by atoms with Gasteiger partial charge in [-0.3, -0.25) is 9.69 Å². The van der Waals surface area contributed by atoms with Crippen LogP contribution in [0.25, 0.3) is 10.9 Å². The van der Waals surface area contributed by atoms with E-state index in [0.29, 0.717) is 24.4 Å². The van der Waals surface area contributed by atoms with Crippen LogP contribution in [-0.2, 0) is 11.3 Å². The molecule has 0 saturated carbocycles.